The molecule has 1 aromatic carbocycles. The van der Waals surface area contributed by atoms with Gasteiger partial charge in [-0.2, -0.15) is 0 Å². The molecule has 1 aromatic rings. The van der Waals surface area contributed by atoms with Crippen molar-refractivity contribution in [3.63, 3.8) is 0 Å². The lowest BCUT2D eigenvalue weighted by molar-refractivity contribution is 0.0600. The van der Waals surface area contributed by atoms with Gasteiger partial charge in [0, 0.05) is 6.54 Å². The van der Waals surface area contributed by atoms with Gasteiger partial charge < -0.3 is 4.74 Å². The normalized spacial score (nSPS) is 17.8. The molecule has 0 unspecified atom stereocenters. The Balaban J connectivity index is 2.39. The summed E-state index contributed by atoms with van der Waals surface area (Å²) in [7, 11) is -1.87. The van der Waals surface area contributed by atoms with Crippen molar-refractivity contribution < 1.29 is 17.9 Å². The van der Waals surface area contributed by atoms with Gasteiger partial charge in [-0.05, 0) is 37.1 Å². The maximum Gasteiger partial charge on any atom is 0.337 e. The average Bonchev–Trinajstić information content (AvgIpc) is 2.68. The second kappa shape index (κ2) is 4.61. The van der Waals surface area contributed by atoms with Crippen LogP contribution in [-0.2, 0) is 14.8 Å². The van der Waals surface area contributed by atoms with E-state index in [1.54, 1.807) is 25.1 Å². The molecule has 2 rings (SSSR count). The number of sulfonamides is 1. The second-order valence-electron chi connectivity index (χ2n) is 4.23. The van der Waals surface area contributed by atoms with Crippen LogP contribution in [0, 0.1) is 6.92 Å². The number of ether oxygens (including phenoxy) is 1. The molecule has 1 fully saturated rings. The van der Waals surface area contributed by atoms with Gasteiger partial charge in [-0.3, -0.25) is 4.31 Å². The van der Waals surface area contributed by atoms with Crippen LogP contribution in [-0.4, -0.2) is 33.8 Å². The maximum absolute atomic E-state index is 11.8. The van der Waals surface area contributed by atoms with E-state index in [4.69, 9.17) is 0 Å². The van der Waals surface area contributed by atoms with Crippen LogP contribution >= 0.6 is 0 Å². The topological polar surface area (TPSA) is 63.7 Å². The number of hydrogen-bond acceptors (Lipinski definition) is 4. The van der Waals surface area contributed by atoms with Gasteiger partial charge in [-0.25, -0.2) is 13.2 Å². The highest BCUT2D eigenvalue weighted by molar-refractivity contribution is 7.93. The van der Waals surface area contributed by atoms with E-state index in [2.05, 4.69) is 4.74 Å². The maximum atomic E-state index is 11.8. The molecule has 18 heavy (non-hydrogen) atoms. The van der Waals surface area contributed by atoms with Crippen molar-refractivity contribution in [1.82, 2.24) is 0 Å². The highest BCUT2D eigenvalue weighted by atomic mass is 32.2. The van der Waals surface area contributed by atoms with E-state index in [0.29, 0.717) is 24.2 Å². The molecule has 1 saturated heterocycles. The van der Waals surface area contributed by atoms with Crippen LogP contribution in [0.1, 0.15) is 22.3 Å². The number of hydrogen-bond donors (Lipinski definition) is 0. The fraction of sp³-hybridized carbons (Fsp3) is 0.417. The summed E-state index contributed by atoms with van der Waals surface area (Å²) in [6.45, 7) is 2.29. The van der Waals surface area contributed by atoms with Gasteiger partial charge in [-0.15, -0.1) is 0 Å². The Morgan fingerprint density at radius 1 is 1.39 bits per heavy atom. The molecule has 0 spiro atoms. The van der Waals surface area contributed by atoms with Gasteiger partial charge in [0.15, 0.2) is 0 Å². The minimum absolute atomic E-state index is 0.186. The van der Waals surface area contributed by atoms with Crippen molar-refractivity contribution in [2.24, 2.45) is 0 Å². The Morgan fingerprint density at radius 3 is 2.61 bits per heavy atom. The molecule has 0 N–H and O–H groups in total. The fourth-order valence-electron chi connectivity index (χ4n) is 2.09. The predicted octanol–water partition coefficient (Wildman–Crippen LogP) is 1.32. The zero-order chi connectivity index (χ0) is 13.3. The number of carbonyl (C=O) groups is 1. The quantitative estimate of drug-likeness (QED) is 0.760. The summed E-state index contributed by atoms with van der Waals surface area (Å²) in [6.07, 6.45) is 0.639. The number of anilines is 1. The van der Waals surface area contributed by atoms with E-state index in [9.17, 15) is 13.2 Å². The predicted molar refractivity (Wildman–Crippen MR) is 68.3 cm³/mol. The van der Waals surface area contributed by atoms with Crippen molar-refractivity contribution in [2.45, 2.75) is 13.3 Å². The third kappa shape index (κ3) is 2.20. The number of aryl methyl sites for hydroxylation is 1. The molecule has 0 aromatic heterocycles. The minimum Gasteiger partial charge on any atom is -0.465 e. The average molecular weight is 269 g/mol. The first-order chi connectivity index (χ1) is 8.45. The van der Waals surface area contributed by atoms with Crippen LogP contribution in [0.4, 0.5) is 5.69 Å². The Bertz CT molecular complexity index is 580. The summed E-state index contributed by atoms with van der Waals surface area (Å²) in [5, 5.41) is 0. The number of methoxy groups -OCH3 is 1. The van der Waals surface area contributed by atoms with Crippen molar-refractivity contribution in [1.29, 1.82) is 0 Å². The van der Waals surface area contributed by atoms with Crippen molar-refractivity contribution in [2.75, 3.05) is 23.7 Å². The molecule has 0 bridgehead atoms. The fourth-order valence-corrected chi connectivity index (χ4v) is 3.72. The van der Waals surface area contributed by atoms with Crippen LogP contribution in [0.3, 0.4) is 0 Å². The molecule has 5 nitrogen and oxygen atoms in total. The van der Waals surface area contributed by atoms with Gasteiger partial charge in [0.2, 0.25) is 10.0 Å². The third-order valence-electron chi connectivity index (χ3n) is 2.99. The first kappa shape index (κ1) is 12.9. The van der Waals surface area contributed by atoms with E-state index in [1.807, 2.05) is 0 Å². The van der Waals surface area contributed by atoms with Crippen LogP contribution in [0.15, 0.2) is 18.2 Å². The molecule has 0 amide bonds. The Morgan fingerprint density at radius 2 is 2.11 bits per heavy atom. The van der Waals surface area contributed by atoms with Crippen LogP contribution in [0.5, 0.6) is 0 Å². The summed E-state index contributed by atoms with van der Waals surface area (Å²) in [5.41, 5.74) is 1.82. The van der Waals surface area contributed by atoms with E-state index >= 15 is 0 Å². The molecule has 0 aliphatic carbocycles. The van der Waals surface area contributed by atoms with Crippen LogP contribution in [0.25, 0.3) is 0 Å². The lowest BCUT2D eigenvalue weighted by Crippen LogP contribution is -2.25. The molecule has 0 radical (unpaired) electrons. The molecule has 1 aliphatic rings. The second-order valence-corrected chi connectivity index (χ2v) is 6.25. The standard InChI is InChI=1S/C12H15NO4S/c1-9-8-10(12(14)17-2)4-5-11(9)13-6-3-7-18(13,15)16/h4-5,8H,3,6-7H2,1-2H3. The van der Waals surface area contributed by atoms with Gasteiger partial charge >= 0.3 is 5.97 Å². The summed E-state index contributed by atoms with van der Waals surface area (Å²) < 4.78 is 29.7. The first-order valence-corrected chi connectivity index (χ1v) is 7.26. The smallest absolute Gasteiger partial charge is 0.337 e. The van der Waals surface area contributed by atoms with Gasteiger partial charge in [-0.1, -0.05) is 0 Å². The molecule has 1 heterocycles. The molecule has 1 aliphatic heterocycles. The van der Waals surface area contributed by atoms with Crippen LogP contribution < -0.4 is 4.31 Å². The third-order valence-corrected chi connectivity index (χ3v) is 4.84. The van der Waals surface area contributed by atoms with Gasteiger partial charge in [0.25, 0.3) is 0 Å². The summed E-state index contributed by atoms with van der Waals surface area (Å²) >= 11 is 0. The number of carbonyl (C=O) groups excluding carboxylic acids is 1. The number of nitrogens with zero attached hydrogens (tertiary/aromatic N) is 1. The van der Waals surface area contributed by atoms with Crippen molar-refractivity contribution >= 4 is 21.7 Å². The number of esters is 1. The molecule has 0 saturated carbocycles. The van der Waals surface area contributed by atoms with E-state index < -0.39 is 16.0 Å². The van der Waals surface area contributed by atoms with Crippen molar-refractivity contribution in [3.8, 4) is 0 Å². The molecule has 0 atom stereocenters. The van der Waals surface area contributed by atoms with Gasteiger partial charge in [0.1, 0.15) is 0 Å². The highest BCUT2D eigenvalue weighted by Gasteiger charge is 2.29. The highest BCUT2D eigenvalue weighted by Crippen LogP contribution is 2.28. The SMILES string of the molecule is COC(=O)c1ccc(N2CCCS2(=O)=O)c(C)c1. The lowest BCUT2D eigenvalue weighted by Gasteiger charge is -2.19. The summed E-state index contributed by atoms with van der Waals surface area (Å²) in [6, 6.07) is 4.89. The Hall–Kier alpha value is -1.56. The van der Waals surface area contributed by atoms with Crippen molar-refractivity contribution in [3.05, 3.63) is 29.3 Å². The van der Waals surface area contributed by atoms with E-state index in [1.165, 1.54) is 11.4 Å². The monoisotopic (exact) mass is 269 g/mol. The first-order valence-electron chi connectivity index (χ1n) is 5.65. The Labute approximate surface area is 106 Å². The molecule has 98 valence electrons. The summed E-state index contributed by atoms with van der Waals surface area (Å²) in [5.74, 6) is -0.237. The van der Waals surface area contributed by atoms with Crippen LogP contribution in [0.2, 0.25) is 0 Å². The zero-order valence-corrected chi connectivity index (χ0v) is 11.2. The number of rotatable bonds is 2. The molecular formula is C12H15NO4S. The summed E-state index contributed by atoms with van der Waals surface area (Å²) in [4.78, 5) is 11.4. The minimum atomic E-state index is -3.18. The molecular weight excluding hydrogens is 254 g/mol. The molecule has 6 heteroatoms. The van der Waals surface area contributed by atoms with Gasteiger partial charge in [0.05, 0.1) is 24.1 Å². The lowest BCUT2D eigenvalue weighted by atomic mass is 10.1. The largest absolute Gasteiger partial charge is 0.465 e. The van der Waals surface area contributed by atoms with E-state index in [0.717, 1.165) is 5.56 Å². The van der Waals surface area contributed by atoms with E-state index in [-0.39, 0.29) is 5.75 Å². The number of benzene rings is 1. The Kier molecular flexibility index (Phi) is 3.30. The zero-order valence-electron chi connectivity index (χ0n) is 10.3.